The largest absolute Gasteiger partial charge is 0.453 e. The molecule has 16 heteroatoms. The fourth-order valence-electron chi connectivity index (χ4n) is 13.6. The van der Waals surface area contributed by atoms with E-state index in [1.54, 1.807) is 23.5 Å². The summed E-state index contributed by atoms with van der Waals surface area (Å²) < 4.78 is 9.96. The molecular weight excluding hydrogens is 993 g/mol. The average Bonchev–Trinajstić information content (AvgIpc) is 4.26. The van der Waals surface area contributed by atoms with Gasteiger partial charge in [-0.1, -0.05) is 74.2 Å². The number of H-pyrrole nitrogens is 2. The predicted octanol–water partition coefficient (Wildman–Crippen LogP) is 11.3. The molecular formula is C60H72N8O6S2. The maximum absolute atomic E-state index is 14.6. The van der Waals surface area contributed by atoms with Crippen LogP contribution in [0.1, 0.15) is 123 Å². The Kier molecular flexibility index (Phi) is 15.7. The second kappa shape index (κ2) is 22.9. The van der Waals surface area contributed by atoms with E-state index in [0.29, 0.717) is 24.7 Å². The Labute approximate surface area is 454 Å². The molecule has 2 aliphatic heterocycles. The highest BCUT2D eigenvalue weighted by Crippen LogP contribution is 2.48. The number of imidazole rings is 2. The van der Waals surface area contributed by atoms with E-state index in [1.807, 2.05) is 12.5 Å². The quantitative estimate of drug-likeness (QED) is 0.0822. The number of aromatic nitrogens is 4. The van der Waals surface area contributed by atoms with Crippen molar-refractivity contribution in [3.05, 3.63) is 107 Å². The summed E-state index contributed by atoms with van der Waals surface area (Å²) in [6.45, 7) is 0. The molecule has 4 heterocycles. The zero-order chi connectivity index (χ0) is 52.5. The van der Waals surface area contributed by atoms with Crippen LogP contribution in [-0.4, -0.2) is 116 Å². The van der Waals surface area contributed by atoms with E-state index in [9.17, 15) is 19.2 Å². The lowest BCUT2D eigenvalue weighted by Gasteiger charge is -2.36. The van der Waals surface area contributed by atoms with Gasteiger partial charge < -0.3 is 39.9 Å². The molecule has 400 valence electrons. The third-order valence-corrected chi connectivity index (χ3v) is 18.7. The maximum Gasteiger partial charge on any atom is 0.407 e. The highest BCUT2D eigenvalue weighted by atomic mass is 32.2. The van der Waals surface area contributed by atoms with Gasteiger partial charge in [0, 0.05) is 12.1 Å². The predicted molar refractivity (Wildman–Crippen MR) is 302 cm³/mol. The zero-order valence-corrected chi connectivity index (χ0v) is 46.0. The Morgan fingerprint density at radius 3 is 1.42 bits per heavy atom. The summed E-state index contributed by atoms with van der Waals surface area (Å²) in [6, 6.07) is 25.5. The van der Waals surface area contributed by atoms with Crippen molar-refractivity contribution in [2.75, 3.05) is 38.2 Å². The maximum atomic E-state index is 14.6. The van der Waals surface area contributed by atoms with E-state index >= 15 is 0 Å². The Morgan fingerprint density at radius 1 is 0.592 bits per heavy atom. The van der Waals surface area contributed by atoms with E-state index < -0.39 is 24.3 Å². The van der Waals surface area contributed by atoms with Gasteiger partial charge in [-0.25, -0.2) is 19.6 Å². The van der Waals surface area contributed by atoms with Crippen LogP contribution in [0.5, 0.6) is 0 Å². The first-order valence-corrected chi connectivity index (χ1v) is 30.4. The number of nitrogens with zero attached hydrogens (tertiary/aromatic N) is 4. The summed E-state index contributed by atoms with van der Waals surface area (Å²) in [5, 5.41) is 5.74. The number of ether oxygens (including phenoxy) is 2. The first kappa shape index (κ1) is 52.1. The minimum Gasteiger partial charge on any atom is -0.453 e. The Balaban J connectivity index is 0.932. The lowest BCUT2D eigenvalue weighted by atomic mass is 9.84. The molecule has 4 fully saturated rings. The highest BCUT2D eigenvalue weighted by molar-refractivity contribution is 7.98. The number of carbonyl (C=O) groups is 4. The van der Waals surface area contributed by atoms with E-state index in [2.05, 4.69) is 103 Å². The fraction of sp³-hybridized carbons (Fsp3) is 0.500. The number of aryl methyl sites for hydroxylation is 4. The molecule has 2 saturated carbocycles. The van der Waals surface area contributed by atoms with Crippen LogP contribution in [0.4, 0.5) is 9.59 Å². The summed E-state index contributed by atoms with van der Waals surface area (Å²) in [5.74, 6) is 3.72. The van der Waals surface area contributed by atoms with Crippen molar-refractivity contribution >= 4 is 69.6 Å². The summed E-state index contributed by atoms with van der Waals surface area (Å²) >= 11 is 3.32. The van der Waals surface area contributed by atoms with Gasteiger partial charge in [0.15, 0.2) is 0 Å². The number of nitrogens with one attached hydrogen (secondary N) is 4. The fourth-order valence-corrected chi connectivity index (χ4v) is 14.5. The summed E-state index contributed by atoms with van der Waals surface area (Å²) in [7, 11) is 2.68. The van der Waals surface area contributed by atoms with Crippen LogP contribution in [-0.2, 0) is 44.7 Å². The number of benzene rings is 4. The molecule has 2 aromatic heterocycles. The molecule has 8 unspecified atom stereocenters. The van der Waals surface area contributed by atoms with Crippen molar-refractivity contribution in [2.24, 2.45) is 11.8 Å². The number of alkyl carbamates (subject to hydrolysis) is 2. The third kappa shape index (κ3) is 10.6. The number of hydrogen-bond donors (Lipinski definition) is 4. The summed E-state index contributed by atoms with van der Waals surface area (Å²) in [5.41, 5.74) is 13.4. The van der Waals surface area contributed by atoms with E-state index in [1.165, 1.54) is 47.6 Å². The summed E-state index contributed by atoms with van der Waals surface area (Å²) in [4.78, 5) is 76.4. The minimum atomic E-state index is -0.678. The number of hydrogen-bond acceptors (Lipinski definition) is 10. The number of rotatable bonds is 14. The number of aromatic amines is 2. The van der Waals surface area contributed by atoms with Crippen LogP contribution in [0.2, 0.25) is 0 Å². The summed E-state index contributed by atoms with van der Waals surface area (Å²) in [6.07, 6.45) is 17.6. The van der Waals surface area contributed by atoms with Gasteiger partial charge in [0.2, 0.25) is 11.8 Å². The van der Waals surface area contributed by atoms with Gasteiger partial charge in [0.05, 0.1) is 48.4 Å². The molecule has 14 rings (SSSR count). The molecule has 0 radical (unpaired) electrons. The Hall–Kier alpha value is -6.00. The zero-order valence-electron chi connectivity index (χ0n) is 44.3. The molecule has 14 nitrogen and oxygen atoms in total. The van der Waals surface area contributed by atoms with Crippen molar-refractivity contribution in [1.82, 2.24) is 40.4 Å². The van der Waals surface area contributed by atoms with E-state index in [0.717, 1.165) is 146 Å². The van der Waals surface area contributed by atoms with Gasteiger partial charge in [-0.2, -0.15) is 23.5 Å². The van der Waals surface area contributed by atoms with Gasteiger partial charge in [-0.15, -0.1) is 0 Å². The molecule has 76 heavy (non-hydrogen) atoms. The number of carbonyl (C=O) groups excluding carboxylic acids is 4. The molecule has 6 aromatic rings. The van der Waals surface area contributed by atoms with Gasteiger partial charge in [0.25, 0.3) is 0 Å². The van der Waals surface area contributed by atoms with Gasteiger partial charge in [0.1, 0.15) is 23.7 Å². The monoisotopic (exact) mass is 1060 g/mol. The van der Waals surface area contributed by atoms with Crippen molar-refractivity contribution < 1.29 is 28.7 Å². The van der Waals surface area contributed by atoms with Crippen molar-refractivity contribution in [1.29, 1.82) is 0 Å². The molecule has 0 spiro atoms. The smallest absolute Gasteiger partial charge is 0.407 e. The number of thioether (sulfide) groups is 2. The lowest BCUT2D eigenvalue weighted by Crippen LogP contribution is -2.52. The number of amides is 4. The van der Waals surface area contributed by atoms with Crippen molar-refractivity contribution in [3.63, 3.8) is 0 Å². The number of likely N-dealkylation sites (tertiary alicyclic amines) is 2. The molecule has 4 amide bonds. The highest BCUT2D eigenvalue weighted by Gasteiger charge is 2.49. The van der Waals surface area contributed by atoms with Gasteiger partial charge >= 0.3 is 12.2 Å². The molecule has 4 N–H and O–H groups in total. The van der Waals surface area contributed by atoms with Crippen LogP contribution >= 0.6 is 23.5 Å². The minimum absolute atomic E-state index is 0.0570. The van der Waals surface area contributed by atoms with E-state index in [4.69, 9.17) is 19.4 Å². The van der Waals surface area contributed by atoms with Crippen molar-refractivity contribution in [3.8, 4) is 22.3 Å². The van der Waals surface area contributed by atoms with Crippen LogP contribution in [0.25, 0.3) is 44.3 Å². The SMILES string of the molecule is COC(=O)NC(CCSC)C(=O)N1C(c2nc3ccc(-c4cc5c(-c6ccc7nc(C8CC9CCCCC9N8C(=O)C(CCSC)NC(=O)OC)[nH]c7c6)cc4CCc4ccc(cc4)CC5)cc3[nH]2)CC2CCCCC21. The second-order valence-electron chi connectivity index (χ2n) is 21.8. The molecule has 6 aliphatic carbocycles. The molecule has 4 bridgehead atoms. The number of methoxy groups -OCH3 is 2. The topological polar surface area (TPSA) is 175 Å². The van der Waals surface area contributed by atoms with E-state index in [-0.39, 0.29) is 36.0 Å². The first-order valence-electron chi connectivity index (χ1n) is 27.7. The third-order valence-electron chi connectivity index (χ3n) is 17.4. The Bertz CT molecular complexity index is 2900. The average molecular weight is 1070 g/mol. The van der Waals surface area contributed by atoms with Crippen molar-refractivity contribution in [2.45, 2.75) is 139 Å². The normalized spacial score (nSPS) is 22.9. The lowest BCUT2D eigenvalue weighted by molar-refractivity contribution is -0.138. The van der Waals surface area contributed by atoms with Gasteiger partial charge in [-0.3, -0.25) is 9.59 Å². The van der Waals surface area contributed by atoms with Crippen LogP contribution in [0, 0.1) is 11.8 Å². The second-order valence-corrected chi connectivity index (χ2v) is 23.8. The van der Waals surface area contributed by atoms with Crippen LogP contribution in [0.3, 0.4) is 0 Å². The van der Waals surface area contributed by atoms with Gasteiger partial charge in [-0.05, 0) is 182 Å². The molecule has 4 aromatic carbocycles. The molecule has 8 aliphatic rings. The number of fused-ring (bicyclic) bond motifs is 4. The first-order chi connectivity index (χ1) is 37.1. The van der Waals surface area contributed by atoms with Crippen LogP contribution < -0.4 is 10.6 Å². The standard InChI is InChI=1S/C60H72N8O6S2/c1-73-59(71)65-47(25-27-75-3)57(69)67-51-11-7-5-9-41(51)33-53(67)55-61-45-23-21-39(31-49(45)63-55)43-29-38-20-18-36-15-13-35(14-16-36)17-19-37(43)30-44(38)40-22-24-46-50(32-40)64-56(62-46)54-34-42-10-6-8-12-52(42)68(54)58(70)48(26-28-76-4)66-60(72)74-2/h13-16,21-24,29-32,41-42,47-48,51-54H,5-12,17-20,25-28,33-34H2,1-4H3,(H,61,63)(H,62,64)(H,65,71)(H,66,72). The molecule has 8 atom stereocenters. The molecule has 2 saturated heterocycles. The Morgan fingerprint density at radius 2 is 1.01 bits per heavy atom. The van der Waals surface area contributed by atoms with Crippen LogP contribution in [0.15, 0.2) is 72.8 Å².